The van der Waals surface area contributed by atoms with Crippen LogP contribution in [0.4, 0.5) is 5.13 Å². The number of hydrogen-bond donors (Lipinski definition) is 1. The summed E-state index contributed by atoms with van der Waals surface area (Å²) in [5, 5.41) is 13.6. The highest BCUT2D eigenvalue weighted by atomic mass is 32.1. The predicted octanol–water partition coefficient (Wildman–Crippen LogP) is 4.59. The Morgan fingerprint density at radius 3 is 2.36 bits per heavy atom. The molecule has 6 rings (SSSR count). The molecule has 0 aliphatic heterocycles. The van der Waals surface area contributed by atoms with Crippen molar-refractivity contribution < 1.29 is 9.53 Å². The van der Waals surface area contributed by atoms with Gasteiger partial charge < -0.3 is 10.1 Å². The van der Waals surface area contributed by atoms with Crippen molar-refractivity contribution >= 4 is 22.4 Å². The number of benzene rings is 1. The Balaban J connectivity index is 1.24. The van der Waals surface area contributed by atoms with E-state index in [0.717, 1.165) is 34.1 Å². The van der Waals surface area contributed by atoms with Gasteiger partial charge in [-0.05, 0) is 80.9 Å². The van der Waals surface area contributed by atoms with Gasteiger partial charge in [0.05, 0.1) is 13.0 Å². The maximum absolute atomic E-state index is 12.4. The van der Waals surface area contributed by atoms with E-state index in [1.165, 1.54) is 38.5 Å². The molecule has 4 bridgehead atoms. The standard InChI is InChI=1S/C22H27N3O2S/c1-2-27-18-5-3-14(4-6-18)10-19(26)23-21-25-24-20(28-21)22-11-15-7-16(12-22)9-17(8-15)13-22/h3-6,15-17H,2,7-13H2,1H3,(H,23,25,26). The predicted molar refractivity (Wildman–Crippen MR) is 110 cm³/mol. The van der Waals surface area contributed by atoms with Crippen molar-refractivity contribution in [1.82, 2.24) is 10.2 Å². The van der Waals surface area contributed by atoms with Gasteiger partial charge in [0.15, 0.2) is 0 Å². The van der Waals surface area contributed by atoms with Gasteiger partial charge in [0, 0.05) is 5.41 Å². The summed E-state index contributed by atoms with van der Waals surface area (Å²) in [4.78, 5) is 12.4. The maximum atomic E-state index is 12.4. The van der Waals surface area contributed by atoms with Crippen LogP contribution in [0.1, 0.15) is 56.0 Å². The topological polar surface area (TPSA) is 64.1 Å². The van der Waals surface area contributed by atoms with E-state index in [0.29, 0.717) is 18.2 Å². The minimum atomic E-state index is -0.0441. The molecule has 148 valence electrons. The normalized spacial score (nSPS) is 30.4. The second kappa shape index (κ2) is 7.14. The lowest BCUT2D eigenvalue weighted by molar-refractivity contribution is -0.115. The lowest BCUT2D eigenvalue weighted by Gasteiger charge is -2.55. The summed E-state index contributed by atoms with van der Waals surface area (Å²) in [6.07, 6.45) is 8.41. The fourth-order valence-corrected chi connectivity index (χ4v) is 7.06. The van der Waals surface area contributed by atoms with Gasteiger partial charge in [-0.15, -0.1) is 10.2 Å². The van der Waals surface area contributed by atoms with Gasteiger partial charge in [-0.2, -0.15) is 0 Å². The van der Waals surface area contributed by atoms with Crippen LogP contribution in [0, 0.1) is 17.8 Å². The van der Waals surface area contributed by atoms with E-state index in [1.54, 1.807) is 11.3 Å². The monoisotopic (exact) mass is 397 g/mol. The van der Waals surface area contributed by atoms with E-state index in [2.05, 4.69) is 15.5 Å². The molecule has 1 aromatic heterocycles. The highest BCUT2D eigenvalue weighted by molar-refractivity contribution is 7.15. The first-order valence-electron chi connectivity index (χ1n) is 10.5. The number of carbonyl (C=O) groups excluding carboxylic acids is 1. The first kappa shape index (κ1) is 18.1. The molecule has 0 saturated heterocycles. The van der Waals surface area contributed by atoms with Crippen molar-refractivity contribution in [2.24, 2.45) is 17.8 Å². The molecule has 4 fully saturated rings. The second-order valence-electron chi connectivity index (χ2n) is 8.91. The van der Waals surface area contributed by atoms with E-state index >= 15 is 0 Å². The van der Waals surface area contributed by atoms with Gasteiger partial charge in [-0.25, -0.2) is 0 Å². The molecule has 4 aliphatic carbocycles. The molecule has 4 saturated carbocycles. The smallest absolute Gasteiger partial charge is 0.230 e. The largest absolute Gasteiger partial charge is 0.494 e. The van der Waals surface area contributed by atoms with Crippen LogP contribution in [-0.4, -0.2) is 22.7 Å². The Hall–Kier alpha value is -1.95. The lowest BCUT2D eigenvalue weighted by Crippen LogP contribution is -2.48. The zero-order valence-corrected chi connectivity index (χ0v) is 17.1. The Kier molecular flexibility index (Phi) is 4.62. The number of amides is 1. The second-order valence-corrected chi connectivity index (χ2v) is 9.89. The van der Waals surface area contributed by atoms with Crippen LogP contribution in [0.3, 0.4) is 0 Å². The molecule has 0 atom stereocenters. The fourth-order valence-electron chi connectivity index (χ4n) is 6.08. The van der Waals surface area contributed by atoms with Crippen molar-refractivity contribution in [3.63, 3.8) is 0 Å². The average Bonchev–Trinajstić information content (AvgIpc) is 3.12. The number of anilines is 1. The fraction of sp³-hybridized carbons (Fsp3) is 0.591. The molecule has 4 aliphatic rings. The van der Waals surface area contributed by atoms with Crippen molar-refractivity contribution in [3.05, 3.63) is 34.8 Å². The van der Waals surface area contributed by atoms with Gasteiger partial charge >= 0.3 is 0 Å². The lowest BCUT2D eigenvalue weighted by atomic mass is 9.50. The van der Waals surface area contributed by atoms with Gasteiger partial charge in [-0.1, -0.05) is 23.5 Å². The summed E-state index contributed by atoms with van der Waals surface area (Å²) in [5.74, 6) is 3.43. The molecule has 1 aromatic carbocycles. The highest BCUT2D eigenvalue weighted by Crippen LogP contribution is 2.61. The van der Waals surface area contributed by atoms with Gasteiger partial charge in [0.2, 0.25) is 11.0 Å². The van der Waals surface area contributed by atoms with Crippen molar-refractivity contribution in [2.75, 3.05) is 11.9 Å². The maximum Gasteiger partial charge on any atom is 0.230 e. The van der Waals surface area contributed by atoms with Crippen LogP contribution in [0.15, 0.2) is 24.3 Å². The number of carbonyl (C=O) groups is 1. The van der Waals surface area contributed by atoms with Crippen LogP contribution in [-0.2, 0) is 16.6 Å². The first-order valence-corrected chi connectivity index (χ1v) is 11.3. The molecule has 0 spiro atoms. The van der Waals surface area contributed by atoms with Crippen LogP contribution < -0.4 is 10.1 Å². The minimum Gasteiger partial charge on any atom is -0.494 e. The zero-order chi connectivity index (χ0) is 19.1. The number of rotatable bonds is 6. The third-order valence-corrected chi connectivity index (χ3v) is 7.85. The Morgan fingerprint density at radius 2 is 1.75 bits per heavy atom. The zero-order valence-electron chi connectivity index (χ0n) is 16.3. The molecule has 1 N–H and O–H groups in total. The summed E-state index contributed by atoms with van der Waals surface area (Å²) in [5.41, 5.74) is 1.21. The summed E-state index contributed by atoms with van der Waals surface area (Å²) < 4.78 is 5.45. The summed E-state index contributed by atoms with van der Waals surface area (Å²) in [6.45, 7) is 2.60. The van der Waals surface area contributed by atoms with Gasteiger partial charge in [0.25, 0.3) is 0 Å². The molecule has 28 heavy (non-hydrogen) atoms. The Labute approximate surface area is 169 Å². The molecular weight excluding hydrogens is 370 g/mol. The molecule has 0 unspecified atom stereocenters. The summed E-state index contributed by atoms with van der Waals surface area (Å²) in [6, 6.07) is 7.68. The molecule has 6 heteroatoms. The van der Waals surface area contributed by atoms with Crippen molar-refractivity contribution in [3.8, 4) is 5.75 Å². The van der Waals surface area contributed by atoms with E-state index in [4.69, 9.17) is 4.74 Å². The number of hydrogen-bond acceptors (Lipinski definition) is 5. The van der Waals surface area contributed by atoms with Crippen LogP contribution in [0.2, 0.25) is 0 Å². The molecule has 2 aromatic rings. The van der Waals surface area contributed by atoms with E-state index < -0.39 is 0 Å². The number of nitrogens with zero attached hydrogens (tertiary/aromatic N) is 2. The summed E-state index contributed by atoms with van der Waals surface area (Å²) >= 11 is 1.60. The molecule has 0 radical (unpaired) electrons. The Bertz CT molecular complexity index is 826. The van der Waals surface area contributed by atoms with Crippen LogP contribution in [0.5, 0.6) is 5.75 Å². The minimum absolute atomic E-state index is 0.0441. The number of nitrogens with one attached hydrogen (secondary N) is 1. The van der Waals surface area contributed by atoms with Crippen LogP contribution >= 0.6 is 11.3 Å². The number of ether oxygens (including phenoxy) is 1. The van der Waals surface area contributed by atoms with E-state index in [-0.39, 0.29) is 11.3 Å². The van der Waals surface area contributed by atoms with Gasteiger partial charge in [-0.3, -0.25) is 4.79 Å². The SMILES string of the molecule is CCOc1ccc(CC(=O)Nc2nnc(C34CC5CC(CC(C5)C3)C4)s2)cc1. The molecule has 5 nitrogen and oxygen atoms in total. The average molecular weight is 398 g/mol. The molecule has 1 heterocycles. The van der Waals surface area contributed by atoms with E-state index in [9.17, 15) is 4.79 Å². The molecular formula is C22H27N3O2S. The quantitative estimate of drug-likeness (QED) is 0.774. The van der Waals surface area contributed by atoms with E-state index in [1.807, 2.05) is 31.2 Å². The molecule has 1 amide bonds. The van der Waals surface area contributed by atoms with Crippen molar-refractivity contribution in [2.45, 2.75) is 57.3 Å². The van der Waals surface area contributed by atoms with Crippen molar-refractivity contribution in [1.29, 1.82) is 0 Å². The first-order chi connectivity index (χ1) is 13.6. The van der Waals surface area contributed by atoms with Crippen LogP contribution in [0.25, 0.3) is 0 Å². The third-order valence-electron chi connectivity index (χ3n) is 6.76. The highest BCUT2D eigenvalue weighted by Gasteiger charge is 2.53. The number of aromatic nitrogens is 2. The third kappa shape index (κ3) is 3.43. The van der Waals surface area contributed by atoms with Gasteiger partial charge in [0.1, 0.15) is 10.8 Å². The summed E-state index contributed by atoms with van der Waals surface area (Å²) in [7, 11) is 0. The Morgan fingerprint density at radius 1 is 1.11 bits per heavy atom.